The van der Waals surface area contributed by atoms with Gasteiger partial charge in [0.25, 0.3) is 0 Å². The van der Waals surface area contributed by atoms with E-state index >= 15 is 0 Å². The van der Waals surface area contributed by atoms with Gasteiger partial charge in [0.15, 0.2) is 11.5 Å². The Hall–Kier alpha value is -1.66. The van der Waals surface area contributed by atoms with Crippen LogP contribution < -0.4 is 14.8 Å². The van der Waals surface area contributed by atoms with Gasteiger partial charge in [0.05, 0.1) is 5.02 Å². The Morgan fingerprint density at radius 3 is 3.04 bits per heavy atom. The predicted molar refractivity (Wildman–Crippen MR) is 90.9 cm³/mol. The zero-order chi connectivity index (χ0) is 16.9. The van der Waals surface area contributed by atoms with Crippen LogP contribution in [0.25, 0.3) is 0 Å². The van der Waals surface area contributed by atoms with Crippen molar-refractivity contribution in [2.24, 2.45) is 5.92 Å². The molecule has 0 aromatic heterocycles. The third-order valence-electron chi connectivity index (χ3n) is 4.41. The molecule has 0 radical (unpaired) electrons. The first-order chi connectivity index (χ1) is 11.7. The molecule has 1 aromatic rings. The Morgan fingerprint density at radius 1 is 1.38 bits per heavy atom. The lowest BCUT2D eigenvalue weighted by atomic mass is 9.99. The van der Waals surface area contributed by atoms with Crippen LogP contribution in [0, 0.1) is 5.92 Å². The number of nitrogens with one attached hydrogen (secondary N) is 1. The van der Waals surface area contributed by atoms with Gasteiger partial charge in [-0.05, 0) is 42.9 Å². The minimum absolute atomic E-state index is 0.0724. The van der Waals surface area contributed by atoms with Crippen molar-refractivity contribution in [3.05, 3.63) is 22.7 Å². The zero-order valence-corrected chi connectivity index (χ0v) is 14.3. The number of aliphatic hydroxyl groups excluding tert-OH is 1. The fourth-order valence-corrected chi connectivity index (χ4v) is 3.42. The van der Waals surface area contributed by atoms with Gasteiger partial charge in [0.1, 0.15) is 13.2 Å². The normalized spacial score (nSPS) is 19.9. The highest BCUT2D eigenvalue weighted by Gasteiger charge is 2.23. The SMILES string of the molecule is O=C(NCCc1cc(Cl)c2c(c1)OCCO2)N1CCCC(CO)C1. The number of hydrogen-bond acceptors (Lipinski definition) is 4. The van der Waals surface area contributed by atoms with Gasteiger partial charge in [-0.2, -0.15) is 0 Å². The Balaban J connectivity index is 1.51. The van der Waals surface area contributed by atoms with Gasteiger partial charge in [-0.15, -0.1) is 0 Å². The molecule has 1 fully saturated rings. The van der Waals surface area contributed by atoms with Gasteiger partial charge < -0.3 is 24.8 Å². The van der Waals surface area contributed by atoms with Gasteiger partial charge in [0, 0.05) is 26.2 Å². The fourth-order valence-electron chi connectivity index (χ4n) is 3.13. The minimum Gasteiger partial charge on any atom is -0.486 e. The number of nitrogens with zero attached hydrogens (tertiary/aromatic N) is 1. The maximum Gasteiger partial charge on any atom is 0.317 e. The zero-order valence-electron chi connectivity index (χ0n) is 13.6. The molecule has 3 rings (SSSR count). The number of halogens is 1. The Labute approximate surface area is 146 Å². The molecule has 0 saturated carbocycles. The summed E-state index contributed by atoms with van der Waals surface area (Å²) >= 11 is 6.22. The molecule has 2 amide bonds. The summed E-state index contributed by atoms with van der Waals surface area (Å²) in [6.45, 7) is 3.06. The number of rotatable bonds is 4. The van der Waals surface area contributed by atoms with Crippen LogP contribution in [0.5, 0.6) is 11.5 Å². The van der Waals surface area contributed by atoms with Crippen LogP contribution in [0.4, 0.5) is 4.79 Å². The second kappa shape index (κ2) is 7.94. The number of ether oxygens (including phenoxy) is 2. The van der Waals surface area contributed by atoms with Crippen LogP contribution >= 0.6 is 11.6 Å². The van der Waals surface area contributed by atoms with Gasteiger partial charge in [-0.3, -0.25) is 0 Å². The first kappa shape index (κ1) is 17.2. The second-order valence-electron chi connectivity index (χ2n) is 6.22. The van der Waals surface area contributed by atoms with E-state index in [2.05, 4.69) is 5.32 Å². The summed E-state index contributed by atoms with van der Waals surface area (Å²) in [6.07, 6.45) is 2.59. The summed E-state index contributed by atoms with van der Waals surface area (Å²) in [5.41, 5.74) is 0.997. The number of fused-ring (bicyclic) bond motifs is 1. The lowest BCUT2D eigenvalue weighted by molar-refractivity contribution is 0.129. The molecule has 7 heteroatoms. The molecule has 24 heavy (non-hydrogen) atoms. The van der Waals surface area contributed by atoms with E-state index in [0.717, 1.165) is 24.9 Å². The molecule has 2 aliphatic rings. The van der Waals surface area contributed by atoms with E-state index in [-0.39, 0.29) is 18.6 Å². The minimum atomic E-state index is -0.0724. The molecule has 2 aliphatic heterocycles. The first-order valence-electron chi connectivity index (χ1n) is 8.39. The maximum atomic E-state index is 12.2. The number of likely N-dealkylation sites (tertiary alicyclic amines) is 1. The van der Waals surface area contributed by atoms with Crippen molar-refractivity contribution in [2.75, 3.05) is 39.5 Å². The molecule has 6 nitrogen and oxygen atoms in total. The number of carbonyl (C=O) groups excluding carboxylic acids is 1. The molecule has 1 unspecified atom stereocenters. The molecule has 0 spiro atoms. The maximum absolute atomic E-state index is 12.2. The van der Waals surface area contributed by atoms with Crippen LogP contribution in [0.2, 0.25) is 5.02 Å². The van der Waals surface area contributed by atoms with E-state index in [0.29, 0.717) is 49.2 Å². The second-order valence-corrected chi connectivity index (χ2v) is 6.63. The largest absolute Gasteiger partial charge is 0.486 e. The third kappa shape index (κ3) is 4.05. The average Bonchev–Trinajstić information content (AvgIpc) is 2.62. The lowest BCUT2D eigenvalue weighted by Gasteiger charge is -2.31. The number of aliphatic hydroxyl groups is 1. The van der Waals surface area contributed by atoms with Gasteiger partial charge in [0.2, 0.25) is 0 Å². The average molecular weight is 355 g/mol. The van der Waals surface area contributed by atoms with Crippen LogP contribution in [-0.2, 0) is 6.42 Å². The lowest BCUT2D eigenvalue weighted by Crippen LogP contribution is -2.46. The monoisotopic (exact) mass is 354 g/mol. The Morgan fingerprint density at radius 2 is 2.21 bits per heavy atom. The summed E-state index contributed by atoms with van der Waals surface area (Å²) in [5.74, 6) is 1.46. The summed E-state index contributed by atoms with van der Waals surface area (Å²) in [4.78, 5) is 14.0. The molecular formula is C17H23ClN2O4. The summed E-state index contributed by atoms with van der Waals surface area (Å²) in [5, 5.41) is 12.7. The van der Waals surface area contributed by atoms with Crippen LogP contribution in [0.3, 0.4) is 0 Å². The van der Waals surface area contributed by atoms with E-state index in [1.54, 1.807) is 4.90 Å². The van der Waals surface area contributed by atoms with E-state index < -0.39 is 0 Å². The first-order valence-corrected chi connectivity index (χ1v) is 8.77. The molecule has 1 aromatic carbocycles. The smallest absolute Gasteiger partial charge is 0.317 e. The topological polar surface area (TPSA) is 71.0 Å². The standard InChI is InChI=1S/C17H23ClN2O4/c18-14-8-12(9-15-16(14)24-7-6-23-15)3-4-19-17(22)20-5-1-2-13(10-20)11-21/h8-9,13,21H,1-7,10-11H2,(H,19,22). The number of carbonyl (C=O) groups is 1. The van der Waals surface area contributed by atoms with E-state index in [9.17, 15) is 9.90 Å². The van der Waals surface area contributed by atoms with Crippen LogP contribution in [0.1, 0.15) is 18.4 Å². The summed E-state index contributed by atoms with van der Waals surface area (Å²) < 4.78 is 11.1. The molecule has 132 valence electrons. The van der Waals surface area contributed by atoms with Crippen molar-refractivity contribution in [3.63, 3.8) is 0 Å². The molecule has 1 atom stereocenters. The molecular weight excluding hydrogens is 332 g/mol. The number of urea groups is 1. The van der Waals surface area contributed by atoms with Crippen LogP contribution in [0.15, 0.2) is 12.1 Å². The van der Waals surface area contributed by atoms with Crippen molar-refractivity contribution in [3.8, 4) is 11.5 Å². The molecule has 2 N–H and O–H groups in total. The molecule has 1 saturated heterocycles. The van der Waals surface area contributed by atoms with E-state index in [4.69, 9.17) is 21.1 Å². The van der Waals surface area contributed by atoms with Gasteiger partial charge in [-0.1, -0.05) is 11.6 Å². The highest BCUT2D eigenvalue weighted by molar-refractivity contribution is 6.32. The van der Waals surface area contributed by atoms with Crippen molar-refractivity contribution < 1.29 is 19.4 Å². The van der Waals surface area contributed by atoms with Crippen molar-refractivity contribution in [2.45, 2.75) is 19.3 Å². The van der Waals surface area contributed by atoms with Gasteiger partial charge >= 0.3 is 6.03 Å². The quantitative estimate of drug-likeness (QED) is 0.868. The molecule has 0 aliphatic carbocycles. The predicted octanol–water partition coefficient (Wildman–Crippen LogP) is 2.07. The summed E-state index contributed by atoms with van der Waals surface area (Å²) in [6, 6.07) is 3.69. The highest BCUT2D eigenvalue weighted by atomic mass is 35.5. The fraction of sp³-hybridized carbons (Fsp3) is 0.588. The number of piperidine rings is 1. The van der Waals surface area contributed by atoms with Crippen molar-refractivity contribution >= 4 is 17.6 Å². The molecule has 2 heterocycles. The molecule has 0 bridgehead atoms. The summed E-state index contributed by atoms with van der Waals surface area (Å²) in [7, 11) is 0. The van der Waals surface area contributed by atoms with Crippen molar-refractivity contribution in [1.82, 2.24) is 10.2 Å². The number of benzene rings is 1. The Kier molecular flexibility index (Phi) is 5.68. The van der Waals surface area contributed by atoms with Crippen molar-refractivity contribution in [1.29, 1.82) is 0 Å². The number of hydrogen-bond donors (Lipinski definition) is 2. The highest BCUT2D eigenvalue weighted by Crippen LogP contribution is 2.38. The van der Waals surface area contributed by atoms with Gasteiger partial charge in [-0.25, -0.2) is 4.79 Å². The van der Waals surface area contributed by atoms with E-state index in [1.807, 2.05) is 12.1 Å². The Bertz CT molecular complexity index is 596. The number of amides is 2. The van der Waals surface area contributed by atoms with E-state index in [1.165, 1.54) is 0 Å². The van der Waals surface area contributed by atoms with Crippen LogP contribution in [-0.4, -0.2) is 55.5 Å². The third-order valence-corrected chi connectivity index (χ3v) is 4.69.